The zero-order chi connectivity index (χ0) is 79.2. The summed E-state index contributed by atoms with van der Waals surface area (Å²) in [5.74, 6) is 0.992. The Labute approximate surface area is 665 Å². The molecule has 0 aliphatic carbocycles. The van der Waals surface area contributed by atoms with Gasteiger partial charge in [0, 0.05) is 30.7 Å². The lowest BCUT2D eigenvalue weighted by atomic mass is 10.2. The Morgan fingerprint density at radius 3 is 0.504 bits per heavy atom. The molecule has 26 heterocycles. The van der Waals surface area contributed by atoms with E-state index >= 15 is 76.7 Å². The Balaban J connectivity index is 0.000000313. The van der Waals surface area contributed by atoms with E-state index in [1.54, 1.807) is 0 Å². The molecule has 24 aliphatic rings. The fourth-order valence-corrected chi connectivity index (χ4v) is 23.7. The first-order valence-corrected chi connectivity index (χ1v) is 39.6. The molecule has 0 spiro atoms. The molecule has 24 fully saturated rings. The normalized spacial score (nSPS) is 35.1. The molecule has 0 saturated carbocycles. The molecular formula is C66H72N34O16S+2. The van der Waals surface area contributed by atoms with Crippen molar-refractivity contribution in [2.45, 2.75) is 124 Å². The third kappa shape index (κ3) is 7.62. The van der Waals surface area contributed by atoms with E-state index in [2.05, 4.69) is 78.4 Å². The van der Waals surface area contributed by atoms with E-state index in [1.165, 1.54) is 187 Å². The van der Waals surface area contributed by atoms with Gasteiger partial charge in [-0.3, -0.25) is 157 Å². The molecule has 2 aromatic rings. The van der Waals surface area contributed by atoms with Gasteiger partial charge in [0.1, 0.15) is 120 Å². The highest BCUT2D eigenvalue weighted by Gasteiger charge is 2.78. The van der Waals surface area contributed by atoms with Crippen molar-refractivity contribution in [3.05, 3.63) is 60.2 Å². The van der Waals surface area contributed by atoms with Crippen LogP contribution in [0.5, 0.6) is 0 Å². The molecular weight excluding hydrogens is 1560 g/mol. The number of unbranched alkanes of at least 4 members (excludes halogenated alkanes) is 2. The van der Waals surface area contributed by atoms with Crippen molar-refractivity contribution in [3.8, 4) is 0 Å². The molecule has 24 aliphatic heterocycles. The Kier molecular flexibility index (Phi) is 12.2. The minimum Gasteiger partial charge on any atom is -0.282 e. The predicted molar refractivity (Wildman–Crippen MR) is 375 cm³/mol. The van der Waals surface area contributed by atoms with Crippen molar-refractivity contribution in [2.24, 2.45) is 7.05 Å². The van der Waals surface area contributed by atoms with Crippen molar-refractivity contribution in [1.82, 2.24) is 157 Å². The minimum atomic E-state index is -1.28. The van der Waals surface area contributed by atoms with Gasteiger partial charge in [-0.15, -0.1) is 0 Å². The van der Waals surface area contributed by atoms with E-state index in [9.17, 15) is 0 Å². The van der Waals surface area contributed by atoms with Crippen LogP contribution in [0.2, 0.25) is 0 Å². The van der Waals surface area contributed by atoms with Crippen molar-refractivity contribution in [2.75, 3.05) is 112 Å². The lowest BCUT2D eigenvalue weighted by Crippen LogP contribution is -2.63. The minimum absolute atomic E-state index is 0.555. The van der Waals surface area contributed by atoms with Crippen LogP contribution in [0.15, 0.2) is 49.1 Å². The zero-order valence-electron chi connectivity index (χ0n) is 62.0. The number of pyridine rings is 2. The average molecular weight is 1630 g/mol. The Morgan fingerprint density at radius 2 is 0.368 bits per heavy atom. The number of nitrogens with zero attached hydrogens (tertiary/aromatic N) is 34. The van der Waals surface area contributed by atoms with Crippen LogP contribution in [-0.4, -0.2) is 464 Å². The summed E-state index contributed by atoms with van der Waals surface area (Å²) < 4.78 is 4.29. The topological polar surface area (TPSA) is 385 Å². The van der Waals surface area contributed by atoms with Gasteiger partial charge in [0.2, 0.25) is 0 Å². The van der Waals surface area contributed by atoms with Crippen molar-refractivity contribution >= 4 is 121 Å². The smallest absolute Gasteiger partial charge is 0.282 e. The monoisotopic (exact) mass is 1630 g/mol. The average Bonchev–Trinajstić information content (AvgIpc) is 1.52. The molecule has 51 heteroatoms. The van der Waals surface area contributed by atoms with Gasteiger partial charge in [-0.2, -0.15) is 12.6 Å². The van der Waals surface area contributed by atoms with Crippen molar-refractivity contribution in [1.29, 1.82) is 0 Å². The predicted octanol–water partition coefficient (Wildman–Crippen LogP) is -4.48. The third-order valence-corrected chi connectivity index (χ3v) is 28.9. The van der Waals surface area contributed by atoms with Crippen LogP contribution >= 0.6 is 12.6 Å². The quantitative estimate of drug-likeness (QED) is 0.155. The van der Waals surface area contributed by atoms with E-state index in [-0.39, 0.29) is 0 Å². The first kappa shape index (κ1) is 66.0. The first-order chi connectivity index (χ1) is 56.6. The van der Waals surface area contributed by atoms with Gasteiger partial charge in [0.05, 0.1) is 0 Å². The van der Waals surface area contributed by atoms with Crippen LogP contribution in [0.4, 0.5) is 76.7 Å². The summed E-state index contributed by atoms with van der Waals surface area (Å²) in [6.45, 7) is -7.79. The Morgan fingerprint density at radius 1 is 0.231 bits per heavy atom. The van der Waals surface area contributed by atoms with Crippen LogP contribution < -0.4 is 9.13 Å². The van der Waals surface area contributed by atoms with E-state index in [1.807, 2.05) is 11.6 Å². The SMILES string of the molecule is C[n+]1ccc(/C=C/c2cc[n+](CCCCCS)cc2)cc1.O=C1N2CN3C(=O)N4CN5C(=O)N6CN7C(=O)N8CN9C(=O)N%10CN%11C(=O)N%12CN%13C(=O)N%14CN%15C(=O)N%16CN1C1C2N2CN%17C(=O)N(CN%18C(=O)N(CN%19C(=O)N(CN%20C(=O)N(CN%21C(=O)N(CN%22C(=O)N(CN%23C(=O)N(CN1C2=O)C%16C%15%23)C%14C%13%22)C%12C%11%21)C%10C9%20)C8C7%19)C6C5%18)C4C3%17. The number of urea groups is 16. The molecule has 2 aromatic heterocycles. The number of amides is 32. The summed E-state index contributed by atoms with van der Waals surface area (Å²) in [4.78, 5) is 289. The van der Waals surface area contributed by atoms with Gasteiger partial charge in [0.25, 0.3) is 0 Å². The molecule has 606 valence electrons. The third-order valence-electron chi connectivity index (χ3n) is 28.6. The van der Waals surface area contributed by atoms with Crippen molar-refractivity contribution in [3.63, 3.8) is 0 Å². The molecule has 117 heavy (non-hydrogen) atoms. The maximum Gasteiger partial charge on any atom is 0.326 e. The van der Waals surface area contributed by atoms with E-state index in [0.29, 0.717) is 0 Å². The van der Waals surface area contributed by atoms with Gasteiger partial charge >= 0.3 is 96.5 Å². The van der Waals surface area contributed by atoms with Crippen LogP contribution in [0.25, 0.3) is 12.2 Å². The number of aryl methyl sites for hydroxylation is 2. The number of hydrogen-bond donors (Lipinski definition) is 1. The highest BCUT2D eigenvalue weighted by Crippen LogP contribution is 2.54. The van der Waals surface area contributed by atoms with E-state index in [0.717, 1.165) is 12.3 Å². The molecule has 24 saturated heterocycles. The molecule has 0 N–H and O–H groups in total. The van der Waals surface area contributed by atoms with Gasteiger partial charge < -0.3 is 0 Å². The van der Waals surface area contributed by atoms with Crippen LogP contribution in [0, 0.1) is 0 Å². The van der Waals surface area contributed by atoms with Crippen molar-refractivity contribution < 1.29 is 85.8 Å². The maximum absolute atomic E-state index is 15.5. The fraction of sp³-hybridized carbons (Fsp3) is 0.576. The number of aromatic nitrogens is 2. The maximum atomic E-state index is 15.5. The second-order valence-electron chi connectivity index (χ2n) is 33.7. The molecule has 0 radical (unpaired) electrons. The van der Waals surface area contributed by atoms with Gasteiger partial charge in [0.15, 0.2) is 123 Å². The largest absolute Gasteiger partial charge is 0.326 e. The fourth-order valence-electron chi connectivity index (χ4n) is 23.5. The second-order valence-corrected chi connectivity index (χ2v) is 34.2. The summed E-state index contributed by atoms with van der Waals surface area (Å²) in [5.41, 5.74) is 2.45. The standard InChI is InChI=1S/C48H48N32O16.C18H23N2S/c81-33-49-1-50-18-20-54(34(50)82)4-58-22-24-62(38(58)86)8-66-26-28-70(42(66)90)12-74-30-32-78(46(74)94)15-77-31-29-73(45(77)93)11-69-27-25-65(41(69)89)7-61-23-21-57(37(61)85)3-53(33)19-17(49)51-2-52(18)36(84)56(20)6-60(22)40(88)64(24)10-68(26)44(92)72(28)14-76(30)48(96)80(32)16-79(31)47(95)75(29)13-71(27)43(91)67(25)9-63(23)39(87)59(21)5-55(19)35(51)83;1-19-12-7-17(8-13-19)5-6-18-9-14-20(15-10-18)11-3-2-4-16-21/h17-32H,1-16H2;5-10,12-15H,2-4,11,16H2,1H3/q;+1/p+1/b;6-5+. The van der Waals surface area contributed by atoms with Crippen LogP contribution in [0.1, 0.15) is 30.4 Å². The lowest BCUT2D eigenvalue weighted by molar-refractivity contribution is -0.697. The van der Waals surface area contributed by atoms with Crippen LogP contribution in [-0.2, 0) is 13.6 Å². The molecule has 0 bridgehead atoms. The molecule has 0 aromatic carbocycles. The summed E-state index contributed by atoms with van der Waals surface area (Å²) in [7, 11) is 2.03. The van der Waals surface area contributed by atoms with Crippen LogP contribution in [0.3, 0.4) is 0 Å². The molecule has 32 amide bonds. The first-order valence-electron chi connectivity index (χ1n) is 39.0. The summed E-state index contributed by atoms with van der Waals surface area (Å²) in [5, 5.41) is 0. The van der Waals surface area contributed by atoms with E-state index in [4.69, 9.17) is 0 Å². The van der Waals surface area contributed by atoms with E-state index < -0.39 is 302 Å². The molecule has 50 nitrogen and oxygen atoms in total. The summed E-state index contributed by atoms with van der Waals surface area (Å²) in [6, 6.07) is -3.33. The van der Waals surface area contributed by atoms with Gasteiger partial charge in [-0.05, 0) is 29.7 Å². The zero-order valence-corrected chi connectivity index (χ0v) is 62.9. The number of hydrogen-bond acceptors (Lipinski definition) is 17. The highest BCUT2D eigenvalue weighted by atomic mass is 32.1. The van der Waals surface area contributed by atoms with Gasteiger partial charge in [-0.25, -0.2) is 85.8 Å². The number of carbonyl (C=O) groups excluding carboxylic acids is 16. The number of carbonyl (C=O) groups is 16. The second kappa shape index (κ2) is 21.6. The molecule has 0 atom stereocenters. The lowest BCUT2D eigenvalue weighted by Gasteiger charge is -2.42. The number of rotatable bonds is 7. The number of thiol groups is 1. The summed E-state index contributed by atoms with van der Waals surface area (Å²) in [6.07, 6.45) is -4.01. The molecule has 26 rings (SSSR count). The summed E-state index contributed by atoms with van der Waals surface area (Å²) >= 11 is 4.24. The highest BCUT2D eigenvalue weighted by molar-refractivity contribution is 7.80. The molecule has 0 unspecified atom stereocenters. The Hall–Kier alpha value is -13.3. The van der Waals surface area contributed by atoms with Gasteiger partial charge in [-0.1, -0.05) is 12.2 Å². The Bertz CT molecular complexity index is 3940.